The van der Waals surface area contributed by atoms with E-state index in [2.05, 4.69) is 13.8 Å². The fraction of sp³-hybridized carbons (Fsp3) is 1.00. The second-order valence-electron chi connectivity index (χ2n) is 9.37. The van der Waals surface area contributed by atoms with Gasteiger partial charge in [0.15, 0.2) is 0 Å². The fourth-order valence-electron chi connectivity index (χ4n) is 7.26. The maximum absolute atomic E-state index is 10.2. The maximum Gasteiger partial charge on any atom is 0.0548 e. The van der Waals surface area contributed by atoms with E-state index in [9.17, 15) is 10.2 Å². The molecule has 8 atom stereocenters. The SMILES string of the molecule is C[C@]12CC[C@H]3[C@@H](CCC4CC(O)CC[C@@]43C)[C@@H]1C[C@@H](O)C2. The normalized spacial score (nSPS) is 60.0. The van der Waals surface area contributed by atoms with Crippen LogP contribution in [-0.2, 0) is 0 Å². The summed E-state index contributed by atoms with van der Waals surface area (Å²) < 4.78 is 0. The van der Waals surface area contributed by atoms with Crippen molar-refractivity contribution in [1.29, 1.82) is 0 Å². The van der Waals surface area contributed by atoms with Crippen molar-refractivity contribution in [2.24, 2.45) is 34.5 Å². The molecule has 4 aliphatic carbocycles. The van der Waals surface area contributed by atoms with Gasteiger partial charge in [0.2, 0.25) is 0 Å². The third kappa shape index (κ3) is 2.05. The lowest BCUT2D eigenvalue weighted by atomic mass is 9.45. The van der Waals surface area contributed by atoms with E-state index in [0.29, 0.717) is 10.8 Å². The van der Waals surface area contributed by atoms with Crippen molar-refractivity contribution >= 4 is 0 Å². The average Bonchev–Trinajstić information content (AvgIpc) is 2.74. The third-order valence-corrected chi connectivity index (χ3v) is 8.38. The molecule has 4 fully saturated rings. The first-order chi connectivity index (χ1) is 9.92. The van der Waals surface area contributed by atoms with Crippen LogP contribution in [0.3, 0.4) is 0 Å². The molecule has 4 rings (SSSR count). The van der Waals surface area contributed by atoms with Crippen LogP contribution in [0.1, 0.15) is 71.6 Å². The zero-order valence-electron chi connectivity index (χ0n) is 13.7. The molecule has 0 amide bonds. The molecule has 2 unspecified atom stereocenters. The Hall–Kier alpha value is -0.0800. The third-order valence-electron chi connectivity index (χ3n) is 8.38. The van der Waals surface area contributed by atoms with E-state index in [4.69, 9.17) is 0 Å². The van der Waals surface area contributed by atoms with E-state index in [0.717, 1.165) is 49.4 Å². The summed E-state index contributed by atoms with van der Waals surface area (Å²) in [7, 11) is 0. The number of rotatable bonds is 0. The summed E-state index contributed by atoms with van der Waals surface area (Å²) >= 11 is 0. The fourth-order valence-corrected chi connectivity index (χ4v) is 7.26. The van der Waals surface area contributed by atoms with Gasteiger partial charge < -0.3 is 10.2 Å². The monoisotopic (exact) mass is 292 g/mol. The van der Waals surface area contributed by atoms with Gasteiger partial charge in [-0.3, -0.25) is 0 Å². The van der Waals surface area contributed by atoms with Gasteiger partial charge in [0.1, 0.15) is 0 Å². The van der Waals surface area contributed by atoms with Crippen LogP contribution in [0.5, 0.6) is 0 Å². The average molecular weight is 292 g/mol. The van der Waals surface area contributed by atoms with Gasteiger partial charge in [-0.15, -0.1) is 0 Å². The zero-order chi connectivity index (χ0) is 14.8. The van der Waals surface area contributed by atoms with Gasteiger partial charge in [-0.05, 0) is 92.3 Å². The predicted molar refractivity (Wildman–Crippen MR) is 83.7 cm³/mol. The van der Waals surface area contributed by atoms with Crippen LogP contribution in [0.15, 0.2) is 0 Å². The molecule has 0 bridgehead atoms. The van der Waals surface area contributed by atoms with Gasteiger partial charge in [0.05, 0.1) is 12.2 Å². The van der Waals surface area contributed by atoms with Gasteiger partial charge in [0, 0.05) is 0 Å². The Morgan fingerprint density at radius 3 is 2.43 bits per heavy atom. The largest absolute Gasteiger partial charge is 0.393 e. The second-order valence-corrected chi connectivity index (χ2v) is 9.37. The molecular formula is C19H32O2. The molecular weight excluding hydrogens is 260 g/mol. The van der Waals surface area contributed by atoms with E-state index in [1.54, 1.807) is 0 Å². The number of hydrogen-bond donors (Lipinski definition) is 2. The standard InChI is InChI=1S/C19H32O2/c1-18-7-6-16-15(17(18)10-14(21)11-18)4-3-12-9-13(20)5-8-19(12,16)2/h12-17,20-21H,3-11H2,1-2H3/t12?,13?,14-,15-,16+,17+,18-,19+/m1/s1. The molecule has 0 radical (unpaired) electrons. The van der Waals surface area contributed by atoms with Crippen LogP contribution < -0.4 is 0 Å². The predicted octanol–water partition coefficient (Wildman–Crippen LogP) is 3.75. The molecule has 0 aliphatic heterocycles. The number of aliphatic hydroxyl groups excluding tert-OH is 2. The highest BCUT2D eigenvalue weighted by molar-refractivity contribution is 5.08. The highest BCUT2D eigenvalue weighted by atomic mass is 16.3. The quantitative estimate of drug-likeness (QED) is 0.714. The Bertz CT molecular complexity index is 422. The van der Waals surface area contributed by atoms with Gasteiger partial charge in [-0.1, -0.05) is 13.8 Å². The summed E-state index contributed by atoms with van der Waals surface area (Å²) in [4.78, 5) is 0. The van der Waals surface area contributed by atoms with Crippen molar-refractivity contribution in [2.45, 2.75) is 83.8 Å². The molecule has 0 saturated heterocycles. The summed E-state index contributed by atoms with van der Waals surface area (Å²) in [6.45, 7) is 4.98. The van der Waals surface area contributed by atoms with E-state index >= 15 is 0 Å². The molecule has 4 aliphatic rings. The van der Waals surface area contributed by atoms with Crippen molar-refractivity contribution in [2.75, 3.05) is 0 Å². The van der Waals surface area contributed by atoms with E-state index in [1.807, 2.05) is 0 Å². The first kappa shape index (κ1) is 14.5. The maximum atomic E-state index is 10.2. The van der Waals surface area contributed by atoms with Gasteiger partial charge >= 0.3 is 0 Å². The molecule has 0 spiro atoms. The van der Waals surface area contributed by atoms with Crippen molar-refractivity contribution in [3.05, 3.63) is 0 Å². The molecule has 0 aromatic heterocycles. The molecule has 2 nitrogen and oxygen atoms in total. The lowest BCUT2D eigenvalue weighted by molar-refractivity contribution is -0.120. The summed E-state index contributed by atoms with van der Waals surface area (Å²) in [6.07, 6.45) is 10.7. The Morgan fingerprint density at radius 2 is 1.62 bits per heavy atom. The van der Waals surface area contributed by atoms with Crippen molar-refractivity contribution in [3.8, 4) is 0 Å². The molecule has 2 N–H and O–H groups in total. The van der Waals surface area contributed by atoms with Crippen LogP contribution >= 0.6 is 0 Å². The highest BCUT2D eigenvalue weighted by Gasteiger charge is 2.58. The Balaban J connectivity index is 1.62. The molecule has 4 saturated carbocycles. The minimum atomic E-state index is -0.0440. The minimum Gasteiger partial charge on any atom is -0.393 e. The molecule has 0 heterocycles. The lowest BCUT2D eigenvalue weighted by Gasteiger charge is -2.60. The Morgan fingerprint density at radius 1 is 0.810 bits per heavy atom. The molecule has 0 aromatic rings. The van der Waals surface area contributed by atoms with Crippen LogP contribution in [0, 0.1) is 34.5 Å². The lowest BCUT2D eigenvalue weighted by Crippen LogP contribution is -2.53. The second kappa shape index (κ2) is 4.71. The van der Waals surface area contributed by atoms with Crippen LogP contribution in [0.2, 0.25) is 0 Å². The summed E-state index contributed by atoms with van der Waals surface area (Å²) in [6, 6.07) is 0. The van der Waals surface area contributed by atoms with Crippen molar-refractivity contribution in [3.63, 3.8) is 0 Å². The smallest absolute Gasteiger partial charge is 0.0548 e. The summed E-state index contributed by atoms with van der Waals surface area (Å²) in [5.41, 5.74) is 0.884. The first-order valence-electron chi connectivity index (χ1n) is 9.28. The van der Waals surface area contributed by atoms with Gasteiger partial charge in [-0.2, -0.15) is 0 Å². The summed E-state index contributed by atoms with van der Waals surface area (Å²) in [5, 5.41) is 20.3. The zero-order valence-corrected chi connectivity index (χ0v) is 13.7. The molecule has 2 heteroatoms. The van der Waals surface area contributed by atoms with Crippen LogP contribution in [0.25, 0.3) is 0 Å². The number of aliphatic hydroxyl groups is 2. The summed E-state index contributed by atoms with van der Waals surface area (Å²) in [5.74, 6) is 3.21. The molecule has 120 valence electrons. The van der Waals surface area contributed by atoms with E-state index in [1.165, 1.54) is 32.1 Å². The number of hydrogen-bond acceptors (Lipinski definition) is 2. The van der Waals surface area contributed by atoms with Crippen molar-refractivity contribution < 1.29 is 10.2 Å². The highest BCUT2D eigenvalue weighted by Crippen LogP contribution is 2.66. The Labute approximate surface area is 129 Å². The van der Waals surface area contributed by atoms with Crippen molar-refractivity contribution in [1.82, 2.24) is 0 Å². The van der Waals surface area contributed by atoms with Gasteiger partial charge in [0.25, 0.3) is 0 Å². The minimum absolute atomic E-state index is 0.0400. The van der Waals surface area contributed by atoms with E-state index in [-0.39, 0.29) is 12.2 Å². The topological polar surface area (TPSA) is 40.5 Å². The number of fused-ring (bicyclic) bond motifs is 5. The van der Waals surface area contributed by atoms with Crippen LogP contribution in [0.4, 0.5) is 0 Å². The molecule has 21 heavy (non-hydrogen) atoms. The van der Waals surface area contributed by atoms with Gasteiger partial charge in [-0.25, -0.2) is 0 Å². The van der Waals surface area contributed by atoms with E-state index < -0.39 is 0 Å². The van der Waals surface area contributed by atoms with Crippen LogP contribution in [-0.4, -0.2) is 22.4 Å². The first-order valence-corrected chi connectivity index (χ1v) is 9.28. The Kier molecular flexibility index (Phi) is 3.25. The molecule has 0 aromatic carbocycles.